The van der Waals surface area contributed by atoms with Crippen molar-refractivity contribution in [3.63, 3.8) is 0 Å². The number of hydrogen-bond acceptors (Lipinski definition) is 2. The molecule has 1 aromatic heterocycles. The van der Waals surface area contributed by atoms with Gasteiger partial charge in [0.05, 0.1) is 5.56 Å². The first-order valence-corrected chi connectivity index (χ1v) is 6.28. The fourth-order valence-electron chi connectivity index (χ4n) is 1.43. The van der Waals surface area contributed by atoms with Crippen LogP contribution in [0.15, 0.2) is 48.7 Å². The van der Waals surface area contributed by atoms with Crippen molar-refractivity contribution in [3.05, 3.63) is 63.5 Å². The van der Waals surface area contributed by atoms with Crippen LogP contribution in [0, 0.1) is 3.70 Å². The second-order valence-corrected chi connectivity index (χ2v) is 4.53. The third-order valence-electron chi connectivity index (χ3n) is 2.30. The molecule has 0 saturated heterocycles. The summed E-state index contributed by atoms with van der Waals surface area (Å²) in [7, 11) is 0. The molecule has 0 fully saturated rings. The molecule has 17 heavy (non-hydrogen) atoms. The van der Waals surface area contributed by atoms with Gasteiger partial charge in [-0.1, -0.05) is 30.3 Å². The van der Waals surface area contributed by atoms with E-state index in [0.29, 0.717) is 12.1 Å². The Morgan fingerprint density at radius 2 is 1.94 bits per heavy atom. The summed E-state index contributed by atoms with van der Waals surface area (Å²) in [4.78, 5) is 16.0. The maximum absolute atomic E-state index is 11.9. The van der Waals surface area contributed by atoms with Crippen LogP contribution in [-0.2, 0) is 6.54 Å². The molecule has 1 N–H and O–H groups in total. The third-order valence-corrected chi connectivity index (χ3v) is 3.16. The molecule has 1 aromatic carbocycles. The predicted molar refractivity (Wildman–Crippen MR) is 74.6 cm³/mol. The fraction of sp³-hybridized carbons (Fsp3) is 0.0769. The van der Waals surface area contributed by atoms with Crippen molar-refractivity contribution in [2.75, 3.05) is 0 Å². The molecular weight excluding hydrogens is 327 g/mol. The molecule has 0 unspecified atom stereocenters. The van der Waals surface area contributed by atoms with Gasteiger partial charge in [0.2, 0.25) is 0 Å². The van der Waals surface area contributed by atoms with E-state index in [9.17, 15) is 4.79 Å². The molecule has 3 nitrogen and oxygen atoms in total. The summed E-state index contributed by atoms with van der Waals surface area (Å²) in [6, 6.07) is 13.4. The van der Waals surface area contributed by atoms with Crippen LogP contribution in [0.4, 0.5) is 0 Å². The van der Waals surface area contributed by atoms with E-state index in [4.69, 9.17) is 0 Å². The van der Waals surface area contributed by atoms with Gasteiger partial charge in [0.1, 0.15) is 3.70 Å². The topological polar surface area (TPSA) is 42.0 Å². The zero-order chi connectivity index (χ0) is 12.1. The van der Waals surface area contributed by atoms with E-state index in [2.05, 4.69) is 32.9 Å². The Morgan fingerprint density at radius 3 is 2.65 bits per heavy atom. The first-order valence-electron chi connectivity index (χ1n) is 5.20. The third kappa shape index (κ3) is 3.26. The highest BCUT2D eigenvalue weighted by atomic mass is 127. The van der Waals surface area contributed by atoms with E-state index < -0.39 is 0 Å². The molecule has 0 aliphatic heterocycles. The number of pyridine rings is 1. The molecule has 86 valence electrons. The lowest BCUT2D eigenvalue weighted by molar-refractivity contribution is 0.0949. The van der Waals surface area contributed by atoms with Gasteiger partial charge >= 0.3 is 0 Å². The number of nitrogens with one attached hydrogen (secondary N) is 1. The Bertz CT molecular complexity index is 514. The highest BCUT2D eigenvalue weighted by molar-refractivity contribution is 14.1. The summed E-state index contributed by atoms with van der Waals surface area (Å²) in [6.45, 7) is 0.532. The standard InChI is InChI=1S/C13H11IN2O/c14-12-11(7-4-8-15-12)13(17)16-9-10-5-2-1-3-6-10/h1-8H,9H2,(H,16,17). The second-order valence-electron chi connectivity index (χ2n) is 3.51. The van der Waals surface area contributed by atoms with Crippen molar-refractivity contribution in [2.45, 2.75) is 6.54 Å². The quantitative estimate of drug-likeness (QED) is 0.691. The minimum atomic E-state index is -0.0913. The number of rotatable bonds is 3. The van der Waals surface area contributed by atoms with E-state index in [1.807, 2.05) is 30.3 Å². The van der Waals surface area contributed by atoms with Gasteiger partial charge in [0, 0.05) is 12.7 Å². The van der Waals surface area contributed by atoms with Crippen LogP contribution in [-0.4, -0.2) is 10.9 Å². The minimum Gasteiger partial charge on any atom is -0.348 e. The van der Waals surface area contributed by atoms with Gasteiger partial charge < -0.3 is 5.32 Å². The van der Waals surface area contributed by atoms with Crippen LogP contribution in [0.1, 0.15) is 15.9 Å². The average Bonchev–Trinajstić information content (AvgIpc) is 2.38. The Kier molecular flexibility index (Phi) is 4.08. The van der Waals surface area contributed by atoms with Crippen molar-refractivity contribution >= 4 is 28.5 Å². The maximum atomic E-state index is 11.9. The molecule has 0 aliphatic rings. The number of aromatic nitrogens is 1. The molecule has 0 radical (unpaired) electrons. The molecule has 0 atom stereocenters. The highest BCUT2D eigenvalue weighted by Gasteiger charge is 2.09. The molecule has 2 rings (SSSR count). The average molecular weight is 338 g/mol. The lowest BCUT2D eigenvalue weighted by atomic mass is 10.2. The zero-order valence-electron chi connectivity index (χ0n) is 9.06. The number of carbonyl (C=O) groups is 1. The summed E-state index contributed by atoms with van der Waals surface area (Å²) >= 11 is 2.06. The smallest absolute Gasteiger partial charge is 0.254 e. The van der Waals surface area contributed by atoms with Crippen molar-refractivity contribution in [2.24, 2.45) is 0 Å². The zero-order valence-corrected chi connectivity index (χ0v) is 11.2. The van der Waals surface area contributed by atoms with Crippen LogP contribution in [0.3, 0.4) is 0 Å². The second kappa shape index (κ2) is 5.77. The summed E-state index contributed by atoms with van der Waals surface area (Å²) in [6.07, 6.45) is 1.68. The Balaban J connectivity index is 2.01. The number of amides is 1. The lowest BCUT2D eigenvalue weighted by Crippen LogP contribution is -2.23. The van der Waals surface area contributed by atoms with Gasteiger partial charge in [0.25, 0.3) is 5.91 Å². The number of nitrogens with zero attached hydrogens (tertiary/aromatic N) is 1. The fourth-order valence-corrected chi connectivity index (χ4v) is 2.01. The molecule has 2 aromatic rings. The number of halogens is 1. The molecule has 0 spiro atoms. The highest BCUT2D eigenvalue weighted by Crippen LogP contribution is 2.08. The van der Waals surface area contributed by atoms with Crippen molar-refractivity contribution in [3.8, 4) is 0 Å². The van der Waals surface area contributed by atoms with E-state index in [1.165, 1.54) is 0 Å². The summed E-state index contributed by atoms with van der Waals surface area (Å²) in [5.41, 5.74) is 1.70. The SMILES string of the molecule is O=C(NCc1ccccc1)c1cccnc1I. The molecule has 1 amide bonds. The Morgan fingerprint density at radius 1 is 1.18 bits per heavy atom. The maximum Gasteiger partial charge on any atom is 0.254 e. The van der Waals surface area contributed by atoms with Gasteiger partial charge in [0.15, 0.2) is 0 Å². The molecule has 4 heteroatoms. The lowest BCUT2D eigenvalue weighted by Gasteiger charge is -2.06. The van der Waals surface area contributed by atoms with E-state index >= 15 is 0 Å². The molecule has 0 aliphatic carbocycles. The van der Waals surface area contributed by atoms with Crippen LogP contribution in [0.5, 0.6) is 0 Å². The van der Waals surface area contributed by atoms with Gasteiger partial charge in [-0.15, -0.1) is 0 Å². The van der Waals surface area contributed by atoms with E-state index in [-0.39, 0.29) is 5.91 Å². The van der Waals surface area contributed by atoms with Crippen molar-refractivity contribution in [1.82, 2.24) is 10.3 Å². The van der Waals surface area contributed by atoms with Gasteiger partial charge in [-0.25, -0.2) is 4.98 Å². The Hall–Kier alpha value is -1.43. The van der Waals surface area contributed by atoms with Crippen LogP contribution in [0.2, 0.25) is 0 Å². The predicted octanol–water partition coefficient (Wildman–Crippen LogP) is 2.62. The molecule has 1 heterocycles. The van der Waals surface area contributed by atoms with Crippen molar-refractivity contribution < 1.29 is 4.79 Å². The Labute approximate surface area is 113 Å². The number of benzene rings is 1. The summed E-state index contributed by atoms with van der Waals surface area (Å²) in [5.74, 6) is -0.0913. The normalized spacial score (nSPS) is 9.94. The molecular formula is C13H11IN2O. The molecule has 0 saturated carbocycles. The molecule has 0 bridgehead atoms. The van der Waals surface area contributed by atoms with Gasteiger partial charge in [-0.05, 0) is 40.3 Å². The summed E-state index contributed by atoms with van der Waals surface area (Å²) in [5, 5.41) is 2.87. The first-order chi connectivity index (χ1) is 8.27. The van der Waals surface area contributed by atoms with Crippen LogP contribution < -0.4 is 5.32 Å². The van der Waals surface area contributed by atoms with Crippen LogP contribution in [0.25, 0.3) is 0 Å². The number of hydrogen-bond donors (Lipinski definition) is 1. The number of carbonyl (C=O) groups excluding carboxylic acids is 1. The van der Waals surface area contributed by atoms with Crippen LogP contribution >= 0.6 is 22.6 Å². The van der Waals surface area contributed by atoms with Gasteiger partial charge in [-0.2, -0.15) is 0 Å². The summed E-state index contributed by atoms with van der Waals surface area (Å²) < 4.78 is 0.718. The van der Waals surface area contributed by atoms with E-state index in [1.54, 1.807) is 18.3 Å². The van der Waals surface area contributed by atoms with Crippen molar-refractivity contribution in [1.29, 1.82) is 0 Å². The monoisotopic (exact) mass is 338 g/mol. The van der Waals surface area contributed by atoms with E-state index in [0.717, 1.165) is 9.26 Å². The van der Waals surface area contributed by atoms with Gasteiger partial charge in [-0.3, -0.25) is 4.79 Å². The minimum absolute atomic E-state index is 0.0913. The first kappa shape index (κ1) is 12.0. The largest absolute Gasteiger partial charge is 0.348 e.